The van der Waals surface area contributed by atoms with Crippen molar-refractivity contribution in [3.63, 3.8) is 0 Å². The summed E-state index contributed by atoms with van der Waals surface area (Å²) in [7, 11) is 2.09. The van der Waals surface area contributed by atoms with Gasteiger partial charge in [-0.3, -0.25) is 4.79 Å². The second-order valence-corrected chi connectivity index (χ2v) is 4.89. The molecule has 1 unspecified atom stereocenters. The number of piperazine rings is 1. The van der Waals surface area contributed by atoms with Crippen LogP contribution in [0.2, 0.25) is 0 Å². The molecule has 4 nitrogen and oxygen atoms in total. The minimum atomic E-state index is -0.300. The standard InChI is InChI=1S/C12H25N3O/c1-4-5-6-11(13)12(16)15-8-7-14(3)9-10(15)2/h10-11H,4-9,13H2,1-3H3/t10?,11-/m0/s1. The molecule has 1 aliphatic rings. The Balaban J connectivity index is 2.46. The van der Waals surface area contributed by atoms with Gasteiger partial charge in [0.1, 0.15) is 0 Å². The van der Waals surface area contributed by atoms with Crippen LogP contribution in [0.1, 0.15) is 33.1 Å². The summed E-state index contributed by atoms with van der Waals surface area (Å²) in [6.07, 6.45) is 2.95. The second-order valence-electron chi connectivity index (χ2n) is 4.89. The van der Waals surface area contributed by atoms with Crippen molar-refractivity contribution in [2.45, 2.75) is 45.2 Å². The fourth-order valence-corrected chi connectivity index (χ4v) is 2.23. The summed E-state index contributed by atoms with van der Waals surface area (Å²) in [4.78, 5) is 16.3. The van der Waals surface area contributed by atoms with Gasteiger partial charge in [0, 0.05) is 25.7 Å². The van der Waals surface area contributed by atoms with E-state index in [1.807, 2.05) is 4.90 Å². The van der Waals surface area contributed by atoms with Crippen molar-refractivity contribution in [3.8, 4) is 0 Å². The molecule has 2 N–H and O–H groups in total. The van der Waals surface area contributed by atoms with Crippen LogP contribution in [0.4, 0.5) is 0 Å². The summed E-state index contributed by atoms with van der Waals surface area (Å²) in [6.45, 7) is 6.94. The van der Waals surface area contributed by atoms with E-state index in [1.165, 1.54) is 0 Å². The maximum atomic E-state index is 12.1. The predicted molar refractivity (Wildman–Crippen MR) is 66.2 cm³/mol. The summed E-state index contributed by atoms with van der Waals surface area (Å²) in [5, 5.41) is 0. The number of amides is 1. The molecule has 94 valence electrons. The third kappa shape index (κ3) is 3.46. The smallest absolute Gasteiger partial charge is 0.239 e. The zero-order valence-electron chi connectivity index (χ0n) is 10.8. The SMILES string of the molecule is CCCC[C@H](N)C(=O)N1CCN(C)CC1C. The van der Waals surface area contributed by atoms with Gasteiger partial charge < -0.3 is 15.5 Å². The molecule has 2 atom stereocenters. The monoisotopic (exact) mass is 227 g/mol. The molecule has 1 fully saturated rings. The van der Waals surface area contributed by atoms with E-state index < -0.39 is 0 Å². The highest BCUT2D eigenvalue weighted by atomic mass is 16.2. The Morgan fingerprint density at radius 1 is 1.50 bits per heavy atom. The minimum absolute atomic E-state index is 0.133. The number of nitrogens with zero attached hydrogens (tertiary/aromatic N) is 2. The first kappa shape index (κ1) is 13.5. The molecule has 0 aliphatic carbocycles. The number of carbonyl (C=O) groups excluding carboxylic acids is 1. The first-order chi connectivity index (χ1) is 7.56. The summed E-state index contributed by atoms with van der Waals surface area (Å²) in [5.41, 5.74) is 5.93. The van der Waals surface area contributed by atoms with Gasteiger partial charge in [0.25, 0.3) is 0 Å². The zero-order valence-corrected chi connectivity index (χ0v) is 10.8. The summed E-state index contributed by atoms with van der Waals surface area (Å²) >= 11 is 0. The molecule has 0 aromatic rings. The van der Waals surface area contributed by atoms with Crippen LogP contribution in [0.25, 0.3) is 0 Å². The maximum Gasteiger partial charge on any atom is 0.239 e. The Hall–Kier alpha value is -0.610. The van der Waals surface area contributed by atoms with Crippen LogP contribution in [0.3, 0.4) is 0 Å². The zero-order chi connectivity index (χ0) is 12.1. The molecule has 4 heteroatoms. The lowest BCUT2D eigenvalue weighted by Crippen LogP contribution is -2.56. The Kier molecular flexibility index (Phi) is 5.22. The Morgan fingerprint density at radius 2 is 2.19 bits per heavy atom. The van der Waals surface area contributed by atoms with Crippen LogP contribution in [0, 0.1) is 0 Å². The molecule has 0 saturated carbocycles. The molecular formula is C12H25N3O. The van der Waals surface area contributed by atoms with E-state index in [1.54, 1.807) is 0 Å². The van der Waals surface area contributed by atoms with Gasteiger partial charge >= 0.3 is 0 Å². The molecule has 0 aromatic carbocycles. The van der Waals surface area contributed by atoms with Gasteiger partial charge in [0.2, 0.25) is 5.91 Å². The normalized spacial score (nSPS) is 24.5. The quantitative estimate of drug-likeness (QED) is 0.768. The Morgan fingerprint density at radius 3 is 2.75 bits per heavy atom. The van der Waals surface area contributed by atoms with Gasteiger partial charge in [-0.2, -0.15) is 0 Å². The third-order valence-corrected chi connectivity index (χ3v) is 3.30. The topological polar surface area (TPSA) is 49.6 Å². The van der Waals surface area contributed by atoms with Crippen molar-refractivity contribution in [2.24, 2.45) is 5.73 Å². The average molecular weight is 227 g/mol. The summed E-state index contributed by atoms with van der Waals surface area (Å²) in [6, 6.07) is -0.00951. The molecule has 16 heavy (non-hydrogen) atoms. The van der Waals surface area contributed by atoms with E-state index in [-0.39, 0.29) is 11.9 Å². The number of hydrogen-bond acceptors (Lipinski definition) is 3. The van der Waals surface area contributed by atoms with Crippen molar-refractivity contribution in [3.05, 3.63) is 0 Å². The van der Waals surface area contributed by atoms with Crippen molar-refractivity contribution >= 4 is 5.91 Å². The van der Waals surface area contributed by atoms with Crippen LogP contribution in [-0.4, -0.2) is 54.5 Å². The fraction of sp³-hybridized carbons (Fsp3) is 0.917. The van der Waals surface area contributed by atoms with Crippen LogP contribution in [0.5, 0.6) is 0 Å². The van der Waals surface area contributed by atoms with Crippen molar-refractivity contribution in [2.75, 3.05) is 26.7 Å². The molecule has 1 aliphatic heterocycles. The molecule has 0 spiro atoms. The third-order valence-electron chi connectivity index (χ3n) is 3.30. The summed E-state index contributed by atoms with van der Waals surface area (Å²) < 4.78 is 0. The van der Waals surface area contributed by atoms with Gasteiger partial charge in [-0.1, -0.05) is 19.8 Å². The van der Waals surface area contributed by atoms with E-state index in [9.17, 15) is 4.79 Å². The number of rotatable bonds is 4. The molecule has 1 heterocycles. The first-order valence-electron chi connectivity index (χ1n) is 6.30. The van der Waals surface area contributed by atoms with Gasteiger partial charge in [-0.25, -0.2) is 0 Å². The average Bonchev–Trinajstić information content (AvgIpc) is 2.25. The lowest BCUT2D eigenvalue weighted by atomic mass is 10.1. The van der Waals surface area contributed by atoms with Gasteiger partial charge in [-0.05, 0) is 20.4 Å². The number of carbonyl (C=O) groups is 1. The number of hydrogen-bond donors (Lipinski definition) is 1. The van der Waals surface area contributed by atoms with Gasteiger partial charge in [-0.15, -0.1) is 0 Å². The molecular weight excluding hydrogens is 202 g/mol. The lowest BCUT2D eigenvalue weighted by Gasteiger charge is -2.39. The van der Waals surface area contributed by atoms with Crippen molar-refractivity contribution < 1.29 is 4.79 Å². The van der Waals surface area contributed by atoms with E-state index in [0.29, 0.717) is 6.04 Å². The molecule has 0 radical (unpaired) electrons. The van der Waals surface area contributed by atoms with Crippen LogP contribution in [0.15, 0.2) is 0 Å². The minimum Gasteiger partial charge on any atom is -0.336 e. The number of unbranched alkanes of at least 4 members (excludes halogenated alkanes) is 1. The van der Waals surface area contributed by atoms with E-state index in [0.717, 1.165) is 38.9 Å². The highest BCUT2D eigenvalue weighted by Gasteiger charge is 2.28. The molecule has 1 rings (SSSR count). The maximum absolute atomic E-state index is 12.1. The van der Waals surface area contributed by atoms with Crippen LogP contribution >= 0.6 is 0 Å². The fourth-order valence-electron chi connectivity index (χ4n) is 2.23. The van der Waals surface area contributed by atoms with Gasteiger partial charge in [0.15, 0.2) is 0 Å². The first-order valence-corrected chi connectivity index (χ1v) is 6.30. The number of nitrogens with two attached hydrogens (primary N) is 1. The highest BCUT2D eigenvalue weighted by Crippen LogP contribution is 2.11. The predicted octanol–water partition coefficient (Wildman–Crippen LogP) is 0.666. The lowest BCUT2D eigenvalue weighted by molar-refractivity contribution is -0.137. The Labute approximate surface area is 98.8 Å². The number of likely N-dealkylation sites (N-methyl/N-ethyl adjacent to an activating group) is 1. The van der Waals surface area contributed by atoms with Crippen molar-refractivity contribution in [1.82, 2.24) is 9.80 Å². The largest absolute Gasteiger partial charge is 0.336 e. The van der Waals surface area contributed by atoms with Crippen LogP contribution in [-0.2, 0) is 4.79 Å². The van der Waals surface area contributed by atoms with E-state index in [4.69, 9.17) is 5.73 Å². The second kappa shape index (κ2) is 6.21. The Bertz CT molecular complexity index is 232. The molecule has 0 aromatic heterocycles. The highest BCUT2D eigenvalue weighted by molar-refractivity contribution is 5.82. The molecule has 1 amide bonds. The van der Waals surface area contributed by atoms with Gasteiger partial charge in [0.05, 0.1) is 6.04 Å². The molecule has 1 saturated heterocycles. The summed E-state index contributed by atoms with van der Waals surface area (Å²) in [5.74, 6) is 0.133. The van der Waals surface area contributed by atoms with Crippen molar-refractivity contribution in [1.29, 1.82) is 0 Å². The van der Waals surface area contributed by atoms with E-state index >= 15 is 0 Å². The van der Waals surface area contributed by atoms with Crippen LogP contribution < -0.4 is 5.73 Å². The molecule has 0 bridgehead atoms. The van der Waals surface area contributed by atoms with E-state index in [2.05, 4.69) is 25.8 Å².